The van der Waals surface area contributed by atoms with Crippen molar-refractivity contribution >= 4 is 11.9 Å². The highest BCUT2D eigenvalue weighted by Crippen LogP contribution is 2.03. The monoisotopic (exact) mass is 202 g/mol. The van der Waals surface area contributed by atoms with Gasteiger partial charge in [0.05, 0.1) is 6.61 Å². The van der Waals surface area contributed by atoms with Crippen molar-refractivity contribution in [2.75, 3.05) is 6.61 Å². The number of rotatable bonds is 7. The third-order valence-corrected chi connectivity index (χ3v) is 1.79. The predicted octanol–water partition coefficient (Wildman–Crippen LogP) is -0.0775. The highest BCUT2D eigenvalue weighted by molar-refractivity contribution is 5.73. The Morgan fingerprint density at radius 2 is 1.86 bits per heavy atom. The molecule has 0 rings (SSSR count). The van der Waals surface area contributed by atoms with Crippen molar-refractivity contribution in [2.45, 2.75) is 38.6 Å². The summed E-state index contributed by atoms with van der Waals surface area (Å²) in [5, 5.41) is 0. The predicted molar refractivity (Wildman–Crippen MR) is 52.3 cm³/mol. The van der Waals surface area contributed by atoms with Crippen LogP contribution in [0.2, 0.25) is 0 Å². The van der Waals surface area contributed by atoms with Crippen molar-refractivity contribution in [2.24, 2.45) is 11.5 Å². The first-order chi connectivity index (χ1) is 6.56. The van der Waals surface area contributed by atoms with E-state index in [1.54, 1.807) is 6.92 Å². The first-order valence-electron chi connectivity index (χ1n) is 4.75. The molecule has 14 heavy (non-hydrogen) atoms. The number of esters is 1. The van der Waals surface area contributed by atoms with Crippen LogP contribution in [0.3, 0.4) is 0 Å². The summed E-state index contributed by atoms with van der Waals surface area (Å²) in [7, 11) is 0. The molecule has 0 aromatic heterocycles. The first-order valence-corrected chi connectivity index (χ1v) is 4.75. The molecule has 0 bridgehead atoms. The summed E-state index contributed by atoms with van der Waals surface area (Å²) < 4.78 is 4.73. The Kier molecular flexibility index (Phi) is 6.74. The number of amides is 1. The van der Waals surface area contributed by atoms with Gasteiger partial charge in [0, 0.05) is 18.9 Å². The van der Waals surface area contributed by atoms with Crippen molar-refractivity contribution in [3.8, 4) is 0 Å². The highest BCUT2D eigenvalue weighted by atomic mass is 16.5. The molecule has 1 atom stereocenters. The zero-order chi connectivity index (χ0) is 11.0. The van der Waals surface area contributed by atoms with Crippen LogP contribution in [0.1, 0.15) is 32.6 Å². The minimum Gasteiger partial charge on any atom is -0.466 e. The fourth-order valence-corrected chi connectivity index (χ4v) is 1.01. The van der Waals surface area contributed by atoms with Crippen molar-refractivity contribution in [3.63, 3.8) is 0 Å². The lowest BCUT2D eigenvalue weighted by molar-refractivity contribution is -0.143. The molecular formula is C9H18N2O3. The molecule has 5 heteroatoms. The number of carbonyl (C=O) groups is 2. The van der Waals surface area contributed by atoms with Crippen LogP contribution in [0.5, 0.6) is 0 Å². The fourth-order valence-electron chi connectivity index (χ4n) is 1.01. The van der Waals surface area contributed by atoms with E-state index in [0.717, 1.165) is 0 Å². The maximum Gasteiger partial charge on any atom is 0.305 e. The second-order valence-corrected chi connectivity index (χ2v) is 3.11. The smallest absolute Gasteiger partial charge is 0.305 e. The Morgan fingerprint density at radius 1 is 1.29 bits per heavy atom. The molecule has 0 aliphatic carbocycles. The Bertz CT molecular complexity index is 194. The Hall–Kier alpha value is -1.10. The normalized spacial score (nSPS) is 12.1. The second-order valence-electron chi connectivity index (χ2n) is 3.11. The van der Waals surface area contributed by atoms with E-state index >= 15 is 0 Å². The lowest BCUT2D eigenvalue weighted by atomic mass is 10.1. The molecule has 0 spiro atoms. The van der Waals surface area contributed by atoms with Crippen LogP contribution in [-0.4, -0.2) is 24.5 Å². The standard InChI is InChI=1S/C9H18N2O3/c1-2-14-9(13)6-4-7(10)3-5-8(11)12/h7H,2-6,10H2,1H3,(H2,11,12)/t7-/m0/s1. The quantitative estimate of drug-likeness (QED) is 0.564. The summed E-state index contributed by atoms with van der Waals surface area (Å²) in [6, 6.07) is -0.160. The topological polar surface area (TPSA) is 95.4 Å². The fraction of sp³-hybridized carbons (Fsp3) is 0.778. The zero-order valence-corrected chi connectivity index (χ0v) is 8.49. The highest BCUT2D eigenvalue weighted by Gasteiger charge is 2.08. The molecule has 0 radical (unpaired) electrons. The summed E-state index contributed by atoms with van der Waals surface area (Å²) in [5.74, 6) is -0.612. The maximum atomic E-state index is 10.9. The minimum atomic E-state index is -0.364. The van der Waals surface area contributed by atoms with E-state index in [1.807, 2.05) is 0 Å². The molecule has 5 nitrogen and oxygen atoms in total. The van der Waals surface area contributed by atoms with Crippen LogP contribution in [-0.2, 0) is 14.3 Å². The van der Waals surface area contributed by atoms with Crippen LogP contribution in [0.25, 0.3) is 0 Å². The van der Waals surface area contributed by atoms with E-state index in [2.05, 4.69) is 0 Å². The van der Waals surface area contributed by atoms with Gasteiger partial charge in [-0.05, 0) is 19.8 Å². The van der Waals surface area contributed by atoms with E-state index in [4.69, 9.17) is 16.2 Å². The third kappa shape index (κ3) is 7.54. The van der Waals surface area contributed by atoms with Gasteiger partial charge in [-0.1, -0.05) is 0 Å². The van der Waals surface area contributed by atoms with Crippen LogP contribution >= 0.6 is 0 Å². The number of ether oxygens (including phenoxy) is 1. The Morgan fingerprint density at radius 3 is 2.36 bits per heavy atom. The summed E-state index contributed by atoms with van der Waals surface area (Å²) in [4.78, 5) is 21.3. The van der Waals surface area contributed by atoms with Gasteiger partial charge in [0.1, 0.15) is 0 Å². The van der Waals surface area contributed by atoms with Crippen molar-refractivity contribution < 1.29 is 14.3 Å². The van der Waals surface area contributed by atoms with Gasteiger partial charge in [0.15, 0.2) is 0 Å². The molecular weight excluding hydrogens is 184 g/mol. The molecule has 82 valence electrons. The van der Waals surface area contributed by atoms with Gasteiger partial charge in [-0.3, -0.25) is 9.59 Å². The average Bonchev–Trinajstić information content (AvgIpc) is 2.12. The van der Waals surface area contributed by atoms with Gasteiger partial charge < -0.3 is 16.2 Å². The van der Waals surface area contributed by atoms with Crippen molar-refractivity contribution in [1.29, 1.82) is 0 Å². The van der Waals surface area contributed by atoms with E-state index < -0.39 is 0 Å². The van der Waals surface area contributed by atoms with Gasteiger partial charge in [-0.25, -0.2) is 0 Å². The summed E-state index contributed by atoms with van der Waals surface area (Å²) >= 11 is 0. The lowest BCUT2D eigenvalue weighted by Gasteiger charge is -2.09. The van der Waals surface area contributed by atoms with Crippen LogP contribution < -0.4 is 11.5 Å². The molecule has 0 aliphatic heterocycles. The Labute approximate surface area is 83.8 Å². The second kappa shape index (κ2) is 7.32. The molecule has 0 aromatic rings. The van der Waals surface area contributed by atoms with Gasteiger partial charge >= 0.3 is 5.97 Å². The van der Waals surface area contributed by atoms with E-state index in [1.165, 1.54) is 0 Å². The lowest BCUT2D eigenvalue weighted by Crippen LogP contribution is -2.24. The molecule has 0 heterocycles. The SMILES string of the molecule is CCOC(=O)CC[C@@H](N)CCC(N)=O. The van der Waals surface area contributed by atoms with Crippen molar-refractivity contribution in [3.05, 3.63) is 0 Å². The number of primary amides is 1. The van der Waals surface area contributed by atoms with Gasteiger partial charge in [0.25, 0.3) is 0 Å². The molecule has 0 saturated carbocycles. The molecule has 0 unspecified atom stereocenters. The van der Waals surface area contributed by atoms with Gasteiger partial charge in [0.2, 0.25) is 5.91 Å². The van der Waals surface area contributed by atoms with E-state index in [9.17, 15) is 9.59 Å². The van der Waals surface area contributed by atoms with E-state index in [0.29, 0.717) is 25.9 Å². The molecule has 0 fully saturated rings. The Balaban J connectivity index is 3.48. The van der Waals surface area contributed by atoms with E-state index in [-0.39, 0.29) is 24.3 Å². The molecule has 0 aliphatic rings. The van der Waals surface area contributed by atoms with Crippen LogP contribution in [0.4, 0.5) is 0 Å². The largest absolute Gasteiger partial charge is 0.466 e. The number of hydrogen-bond acceptors (Lipinski definition) is 4. The zero-order valence-electron chi connectivity index (χ0n) is 8.49. The molecule has 0 saturated heterocycles. The van der Waals surface area contributed by atoms with Crippen LogP contribution in [0, 0.1) is 0 Å². The number of hydrogen-bond donors (Lipinski definition) is 2. The van der Waals surface area contributed by atoms with Crippen molar-refractivity contribution in [1.82, 2.24) is 0 Å². The van der Waals surface area contributed by atoms with Gasteiger partial charge in [-0.2, -0.15) is 0 Å². The van der Waals surface area contributed by atoms with Crippen LogP contribution in [0.15, 0.2) is 0 Å². The summed E-state index contributed by atoms with van der Waals surface area (Å²) in [5.41, 5.74) is 10.6. The average molecular weight is 202 g/mol. The number of carbonyl (C=O) groups excluding carboxylic acids is 2. The number of nitrogens with two attached hydrogens (primary N) is 2. The van der Waals surface area contributed by atoms with Gasteiger partial charge in [-0.15, -0.1) is 0 Å². The minimum absolute atomic E-state index is 0.160. The first kappa shape index (κ1) is 12.9. The molecule has 1 amide bonds. The molecule has 0 aromatic carbocycles. The molecule has 4 N–H and O–H groups in total. The third-order valence-electron chi connectivity index (χ3n) is 1.79. The maximum absolute atomic E-state index is 10.9. The summed E-state index contributed by atoms with van der Waals surface area (Å²) in [6.45, 7) is 2.14. The summed E-state index contributed by atoms with van der Waals surface area (Å²) in [6.07, 6.45) is 1.62.